The Labute approximate surface area is 147 Å². The van der Waals surface area contributed by atoms with Crippen molar-refractivity contribution in [1.82, 2.24) is 5.32 Å². The summed E-state index contributed by atoms with van der Waals surface area (Å²) >= 11 is 0. The minimum atomic E-state index is -4.77. The topological polar surface area (TPSA) is 93.5 Å². The first kappa shape index (κ1) is 21.3. The number of carbonyl (C=O) groups excluding carboxylic acids is 2. The van der Waals surface area contributed by atoms with E-state index in [4.69, 9.17) is 5.73 Å². The molecule has 26 heavy (non-hydrogen) atoms. The van der Waals surface area contributed by atoms with Gasteiger partial charge >= 0.3 is 12.4 Å². The van der Waals surface area contributed by atoms with Gasteiger partial charge in [0.25, 0.3) is 5.91 Å². The summed E-state index contributed by atoms with van der Waals surface area (Å²) in [7, 11) is 0. The number of nitrogens with one attached hydrogen (secondary N) is 2. The highest BCUT2D eigenvalue weighted by Crippen LogP contribution is 2.23. The second kappa shape index (κ2) is 10.3. The number of carbonyl (C=O) groups is 2. The second-order valence-corrected chi connectivity index (χ2v) is 5.22. The van der Waals surface area contributed by atoms with E-state index in [1.54, 1.807) is 0 Å². The molecule has 0 fully saturated rings. The van der Waals surface area contributed by atoms with Gasteiger partial charge in [-0.15, -0.1) is 13.2 Å². The van der Waals surface area contributed by atoms with Crippen molar-refractivity contribution in [2.75, 3.05) is 11.9 Å². The number of urea groups is 1. The number of halogens is 4. The number of alkyl halides is 3. The lowest BCUT2D eigenvalue weighted by molar-refractivity contribution is -0.274. The van der Waals surface area contributed by atoms with Crippen LogP contribution in [-0.2, 0) is 4.79 Å². The van der Waals surface area contributed by atoms with Crippen LogP contribution < -0.4 is 21.1 Å². The zero-order chi connectivity index (χ0) is 19.6. The molecule has 0 aliphatic rings. The molecular formula is C16H19F4N3O3. The van der Waals surface area contributed by atoms with Gasteiger partial charge in [0.05, 0.1) is 0 Å². The van der Waals surface area contributed by atoms with E-state index < -0.39 is 24.1 Å². The molecule has 4 N–H and O–H groups in total. The van der Waals surface area contributed by atoms with E-state index in [1.165, 1.54) is 12.1 Å². The van der Waals surface area contributed by atoms with Crippen LogP contribution in [0.2, 0.25) is 0 Å². The molecule has 0 unspecified atom stereocenters. The summed E-state index contributed by atoms with van der Waals surface area (Å²) in [6.07, 6.45) is -1.32. The number of rotatable bonds is 9. The molecule has 0 aliphatic carbocycles. The van der Waals surface area contributed by atoms with E-state index in [-0.39, 0.29) is 5.75 Å². The third-order valence-corrected chi connectivity index (χ3v) is 3.07. The minimum Gasteiger partial charge on any atom is -0.406 e. The number of allylic oxidation sites excluding steroid dienone is 1. The third-order valence-electron chi connectivity index (χ3n) is 3.07. The maximum absolute atomic E-state index is 12.8. The number of anilines is 1. The standard InChI is InChI=1S/C16H19F4N3O3/c17-13(14(21)24)5-3-1-2-4-10-22-15(25)23-11-6-8-12(9-7-11)26-16(18,19)20/h5-9H,1-4,10H2,(H2,21,24)(H2,22,23,25)/b13-5+. The minimum absolute atomic E-state index is 0.309. The van der Waals surface area contributed by atoms with Gasteiger partial charge < -0.3 is 21.1 Å². The van der Waals surface area contributed by atoms with Crippen molar-refractivity contribution in [3.63, 3.8) is 0 Å². The molecule has 10 heteroatoms. The Hall–Kier alpha value is -2.78. The van der Waals surface area contributed by atoms with Gasteiger partial charge in [-0.1, -0.05) is 6.42 Å². The van der Waals surface area contributed by atoms with Gasteiger partial charge in [0.2, 0.25) is 0 Å². The van der Waals surface area contributed by atoms with Crippen LogP contribution in [0.15, 0.2) is 36.2 Å². The maximum atomic E-state index is 12.8. The van der Waals surface area contributed by atoms with E-state index in [2.05, 4.69) is 15.4 Å². The van der Waals surface area contributed by atoms with Crippen molar-refractivity contribution in [3.05, 3.63) is 36.2 Å². The van der Waals surface area contributed by atoms with Gasteiger partial charge in [-0.25, -0.2) is 9.18 Å². The Morgan fingerprint density at radius 1 is 1.12 bits per heavy atom. The Balaban J connectivity index is 2.20. The highest BCUT2D eigenvalue weighted by molar-refractivity contribution is 5.89. The smallest absolute Gasteiger partial charge is 0.406 e. The monoisotopic (exact) mass is 377 g/mol. The first-order valence-electron chi connectivity index (χ1n) is 7.73. The van der Waals surface area contributed by atoms with Crippen molar-refractivity contribution in [2.45, 2.75) is 32.0 Å². The molecule has 0 atom stereocenters. The van der Waals surface area contributed by atoms with Crippen LogP contribution in [0, 0.1) is 0 Å². The molecule has 0 heterocycles. The van der Waals surface area contributed by atoms with E-state index in [9.17, 15) is 27.2 Å². The van der Waals surface area contributed by atoms with Crippen molar-refractivity contribution in [2.24, 2.45) is 5.73 Å². The average molecular weight is 377 g/mol. The zero-order valence-electron chi connectivity index (χ0n) is 13.7. The number of nitrogens with two attached hydrogens (primary N) is 1. The van der Waals surface area contributed by atoms with Crippen LogP contribution >= 0.6 is 0 Å². The lowest BCUT2D eigenvalue weighted by Gasteiger charge is -2.10. The van der Waals surface area contributed by atoms with Gasteiger partial charge in [0, 0.05) is 12.2 Å². The van der Waals surface area contributed by atoms with Gasteiger partial charge in [0.1, 0.15) is 5.75 Å². The molecule has 0 saturated heterocycles. The number of unbranched alkanes of at least 4 members (excludes halogenated alkanes) is 3. The number of hydrogen-bond donors (Lipinski definition) is 3. The fourth-order valence-electron chi connectivity index (χ4n) is 1.89. The lowest BCUT2D eigenvalue weighted by atomic mass is 10.2. The molecule has 1 aromatic carbocycles. The Morgan fingerprint density at radius 3 is 2.35 bits per heavy atom. The Bertz CT molecular complexity index is 631. The van der Waals surface area contributed by atoms with Crippen molar-refractivity contribution in [1.29, 1.82) is 0 Å². The average Bonchev–Trinajstić information content (AvgIpc) is 2.54. The summed E-state index contributed by atoms with van der Waals surface area (Å²) in [4.78, 5) is 22.1. The molecule has 0 aliphatic heterocycles. The van der Waals surface area contributed by atoms with Gasteiger partial charge in [0.15, 0.2) is 5.83 Å². The van der Waals surface area contributed by atoms with E-state index in [1.807, 2.05) is 0 Å². The molecule has 0 radical (unpaired) electrons. The predicted octanol–water partition coefficient (Wildman–Crippen LogP) is 3.61. The van der Waals surface area contributed by atoms with Gasteiger partial charge in [-0.3, -0.25) is 4.79 Å². The predicted molar refractivity (Wildman–Crippen MR) is 87.0 cm³/mol. The molecular weight excluding hydrogens is 358 g/mol. The van der Waals surface area contributed by atoms with Crippen LogP contribution in [0.1, 0.15) is 25.7 Å². The maximum Gasteiger partial charge on any atom is 0.573 e. The molecule has 144 valence electrons. The summed E-state index contributed by atoms with van der Waals surface area (Å²) in [6.45, 7) is 0.364. The summed E-state index contributed by atoms with van der Waals surface area (Å²) in [6, 6.07) is 4.22. The molecule has 0 spiro atoms. The van der Waals surface area contributed by atoms with Crippen LogP contribution in [0.5, 0.6) is 5.75 Å². The van der Waals surface area contributed by atoms with E-state index >= 15 is 0 Å². The van der Waals surface area contributed by atoms with Gasteiger partial charge in [-0.05, 0) is 49.6 Å². The first-order valence-corrected chi connectivity index (χ1v) is 7.73. The largest absolute Gasteiger partial charge is 0.573 e. The van der Waals surface area contributed by atoms with E-state index in [0.29, 0.717) is 37.9 Å². The molecule has 0 aromatic heterocycles. The molecule has 0 saturated carbocycles. The molecule has 1 rings (SSSR count). The number of benzene rings is 1. The quantitative estimate of drug-likeness (QED) is 0.349. The molecule has 3 amide bonds. The fraction of sp³-hybridized carbons (Fsp3) is 0.375. The number of ether oxygens (including phenoxy) is 1. The Morgan fingerprint density at radius 2 is 1.77 bits per heavy atom. The van der Waals surface area contributed by atoms with Crippen LogP contribution in [0.25, 0.3) is 0 Å². The Kier molecular flexibility index (Phi) is 8.40. The second-order valence-electron chi connectivity index (χ2n) is 5.22. The highest BCUT2D eigenvalue weighted by Gasteiger charge is 2.30. The van der Waals surface area contributed by atoms with Crippen molar-refractivity contribution >= 4 is 17.6 Å². The number of amides is 3. The number of primary amides is 1. The van der Waals surface area contributed by atoms with Crippen LogP contribution in [0.3, 0.4) is 0 Å². The van der Waals surface area contributed by atoms with Crippen molar-refractivity contribution < 1.29 is 31.9 Å². The molecule has 0 bridgehead atoms. The lowest BCUT2D eigenvalue weighted by Crippen LogP contribution is -2.29. The van der Waals surface area contributed by atoms with Gasteiger partial charge in [-0.2, -0.15) is 0 Å². The van der Waals surface area contributed by atoms with Crippen LogP contribution in [0.4, 0.5) is 28.0 Å². The number of hydrogen-bond acceptors (Lipinski definition) is 3. The highest BCUT2D eigenvalue weighted by atomic mass is 19.4. The normalized spacial score (nSPS) is 11.8. The van der Waals surface area contributed by atoms with E-state index in [0.717, 1.165) is 18.2 Å². The molecule has 1 aromatic rings. The van der Waals surface area contributed by atoms with Crippen LogP contribution in [-0.4, -0.2) is 24.8 Å². The molecule has 6 nitrogen and oxygen atoms in total. The third kappa shape index (κ3) is 9.50. The summed E-state index contributed by atoms with van der Waals surface area (Å²) in [5, 5.41) is 5.04. The fourth-order valence-corrected chi connectivity index (χ4v) is 1.89. The van der Waals surface area contributed by atoms with Crippen molar-refractivity contribution in [3.8, 4) is 5.75 Å². The summed E-state index contributed by atoms with van der Waals surface area (Å²) in [5.41, 5.74) is 5.05. The summed E-state index contributed by atoms with van der Waals surface area (Å²) in [5.74, 6) is -2.44. The summed E-state index contributed by atoms with van der Waals surface area (Å²) < 4.78 is 52.6. The SMILES string of the molecule is NC(=O)/C(F)=C\CCCCCNC(=O)Nc1ccc(OC(F)(F)F)cc1. The first-order chi connectivity index (χ1) is 12.2. The zero-order valence-corrected chi connectivity index (χ0v) is 13.7.